The average Bonchev–Trinajstić information content (AvgIpc) is 2.93. The second-order valence-electron chi connectivity index (χ2n) is 12.2. The number of ether oxygens (including phenoxy) is 2. The van der Waals surface area contributed by atoms with Gasteiger partial charge in [-0.15, -0.1) is 0 Å². The van der Waals surface area contributed by atoms with Crippen LogP contribution in [0.1, 0.15) is 72.1 Å². The molecule has 2 N–H and O–H groups in total. The van der Waals surface area contributed by atoms with Crippen molar-refractivity contribution in [3.63, 3.8) is 0 Å². The van der Waals surface area contributed by atoms with E-state index in [1.165, 1.54) is 4.90 Å². The zero-order valence-electron chi connectivity index (χ0n) is 26.3. The topological polar surface area (TPSA) is 124 Å². The predicted molar refractivity (Wildman–Crippen MR) is 164 cm³/mol. The number of hydrogen-bond acceptors (Lipinski definition) is 7. The van der Waals surface area contributed by atoms with Crippen molar-refractivity contribution < 1.29 is 23.9 Å². The summed E-state index contributed by atoms with van der Waals surface area (Å²) in [6, 6.07) is 15.4. The highest BCUT2D eigenvalue weighted by molar-refractivity contribution is 5.93. The summed E-state index contributed by atoms with van der Waals surface area (Å²) in [7, 11) is 0. The van der Waals surface area contributed by atoms with Crippen molar-refractivity contribution in [2.75, 3.05) is 19.6 Å². The first-order valence-electron chi connectivity index (χ1n) is 14.9. The zero-order valence-corrected chi connectivity index (χ0v) is 26.3. The van der Waals surface area contributed by atoms with E-state index in [0.29, 0.717) is 48.7 Å². The second-order valence-corrected chi connectivity index (χ2v) is 12.2. The number of rotatable bonds is 11. The summed E-state index contributed by atoms with van der Waals surface area (Å²) in [5, 5.41) is 15.0. The molecule has 1 unspecified atom stereocenters. The summed E-state index contributed by atoms with van der Waals surface area (Å²) in [5.74, 6) is 0.472. The third-order valence-electron chi connectivity index (χ3n) is 7.13. The van der Waals surface area contributed by atoms with Gasteiger partial charge in [0.25, 0.3) is 0 Å². The number of benzene rings is 2. The van der Waals surface area contributed by atoms with Gasteiger partial charge in [0.2, 0.25) is 11.8 Å². The number of carbonyl (C=O) groups excluding carboxylic acids is 3. The lowest BCUT2D eigenvalue weighted by Crippen LogP contribution is -2.55. The fourth-order valence-corrected chi connectivity index (χ4v) is 5.27. The highest BCUT2D eigenvalue weighted by Gasteiger charge is 2.39. The number of alkyl carbamates (subject to hydrolysis) is 1. The van der Waals surface area contributed by atoms with Gasteiger partial charge < -0.3 is 25.0 Å². The van der Waals surface area contributed by atoms with Gasteiger partial charge in [-0.1, -0.05) is 24.3 Å². The second kappa shape index (κ2) is 14.9. The highest BCUT2D eigenvalue weighted by atomic mass is 16.6. The first-order valence-corrected chi connectivity index (χ1v) is 14.9. The van der Waals surface area contributed by atoms with E-state index in [2.05, 4.69) is 43.2 Å². The van der Waals surface area contributed by atoms with E-state index in [9.17, 15) is 19.6 Å². The number of fused-ring (bicyclic) bond motifs is 1. The predicted octanol–water partition coefficient (Wildman–Crippen LogP) is 4.95. The largest absolute Gasteiger partial charge is 0.457 e. The van der Waals surface area contributed by atoms with Crippen molar-refractivity contribution in [2.24, 2.45) is 0 Å². The van der Waals surface area contributed by atoms with Gasteiger partial charge in [-0.2, -0.15) is 5.26 Å². The van der Waals surface area contributed by atoms with Crippen LogP contribution in [-0.4, -0.2) is 71.1 Å². The summed E-state index contributed by atoms with van der Waals surface area (Å²) >= 11 is 0. The molecule has 1 aliphatic rings. The summed E-state index contributed by atoms with van der Waals surface area (Å²) in [6.45, 7) is 14.9. The Morgan fingerprint density at radius 3 is 2.33 bits per heavy atom. The van der Waals surface area contributed by atoms with Gasteiger partial charge in [-0.3, -0.25) is 14.5 Å². The fourth-order valence-electron chi connectivity index (χ4n) is 5.27. The molecule has 43 heavy (non-hydrogen) atoms. The van der Waals surface area contributed by atoms with E-state index < -0.39 is 29.7 Å². The molecule has 2 atom stereocenters. The smallest absolute Gasteiger partial charge is 0.408 e. The third-order valence-corrected chi connectivity index (χ3v) is 7.13. The molecule has 0 spiro atoms. The molecule has 10 nitrogen and oxygen atoms in total. The molecule has 1 aliphatic heterocycles. The number of carbonyl (C=O) groups is 3. The van der Waals surface area contributed by atoms with E-state index in [-0.39, 0.29) is 18.9 Å². The van der Waals surface area contributed by atoms with Crippen molar-refractivity contribution >= 4 is 17.9 Å². The molecule has 0 aromatic heterocycles. The molecule has 3 amide bonds. The molecular weight excluding hydrogens is 546 g/mol. The minimum atomic E-state index is -1.17. The van der Waals surface area contributed by atoms with Crippen LogP contribution in [0.15, 0.2) is 48.5 Å². The van der Waals surface area contributed by atoms with Gasteiger partial charge in [0.15, 0.2) is 0 Å². The maximum Gasteiger partial charge on any atom is 0.408 e. The summed E-state index contributed by atoms with van der Waals surface area (Å²) in [5.41, 5.74) is 0.784. The molecule has 2 aromatic carbocycles. The van der Waals surface area contributed by atoms with Gasteiger partial charge >= 0.3 is 6.09 Å². The van der Waals surface area contributed by atoms with Crippen LogP contribution in [0.3, 0.4) is 0 Å². The van der Waals surface area contributed by atoms with Crippen LogP contribution in [-0.2, 0) is 20.7 Å². The quantitative estimate of drug-likeness (QED) is 0.379. The van der Waals surface area contributed by atoms with Crippen LogP contribution < -0.4 is 15.4 Å². The molecule has 0 radical (unpaired) electrons. The standard InChI is InChI=1S/C33H45N5O5/c1-22(2)37(23(3)4)20-18-35-30(39)29-27-14-13-26(42-25-11-9-8-10-12-25)21-24(27)16-19-38(29)31(40)28(15-17-34)36-32(41)43-33(5,6)7/h8-14,21-23,28-29H,15-16,18-20H2,1-7H3,(H,35,39)(H,36,41)/t28-,29?/m1/s1. The third kappa shape index (κ3) is 9.45. The first-order chi connectivity index (χ1) is 20.3. The molecule has 232 valence electrons. The number of nitrogens with zero attached hydrogens (tertiary/aromatic N) is 3. The van der Waals surface area contributed by atoms with Crippen LogP contribution >= 0.6 is 0 Å². The van der Waals surface area contributed by atoms with E-state index in [4.69, 9.17) is 9.47 Å². The molecular formula is C33H45N5O5. The van der Waals surface area contributed by atoms with Crippen LogP contribution in [0.4, 0.5) is 4.79 Å². The van der Waals surface area contributed by atoms with Crippen molar-refractivity contribution in [1.82, 2.24) is 20.4 Å². The molecule has 1 heterocycles. The minimum Gasteiger partial charge on any atom is -0.457 e. The number of amides is 3. The van der Waals surface area contributed by atoms with Gasteiger partial charge in [0.05, 0.1) is 12.5 Å². The van der Waals surface area contributed by atoms with Gasteiger partial charge in [0, 0.05) is 31.7 Å². The van der Waals surface area contributed by atoms with Crippen molar-refractivity contribution in [2.45, 2.75) is 91.1 Å². The first kappa shape index (κ1) is 33.4. The molecule has 0 saturated heterocycles. The number of nitriles is 1. The van der Waals surface area contributed by atoms with Gasteiger partial charge in [-0.25, -0.2) is 4.79 Å². The summed E-state index contributed by atoms with van der Waals surface area (Å²) in [4.78, 5) is 44.0. The van der Waals surface area contributed by atoms with Crippen molar-refractivity contribution in [3.8, 4) is 17.6 Å². The summed E-state index contributed by atoms with van der Waals surface area (Å²) < 4.78 is 11.4. The fraction of sp³-hybridized carbons (Fsp3) is 0.515. The Morgan fingerprint density at radius 1 is 1.05 bits per heavy atom. The molecule has 0 aliphatic carbocycles. The Kier molecular flexibility index (Phi) is 11.6. The SMILES string of the molecule is CC(C)N(CCNC(=O)C1c2ccc(Oc3ccccc3)cc2CCN1C(=O)[C@@H](CC#N)NC(=O)OC(C)(C)C)C(C)C. The van der Waals surface area contributed by atoms with Crippen LogP contribution in [0, 0.1) is 11.3 Å². The lowest BCUT2D eigenvalue weighted by molar-refractivity contribution is -0.143. The van der Waals surface area contributed by atoms with Crippen LogP contribution in [0.5, 0.6) is 11.5 Å². The molecule has 3 rings (SSSR count). The highest BCUT2D eigenvalue weighted by Crippen LogP contribution is 2.34. The normalized spacial score (nSPS) is 15.5. The summed E-state index contributed by atoms with van der Waals surface area (Å²) in [6.07, 6.45) is -0.598. The van der Waals surface area contributed by atoms with Crippen molar-refractivity contribution in [1.29, 1.82) is 5.26 Å². The maximum absolute atomic E-state index is 13.9. The number of hydrogen-bond donors (Lipinski definition) is 2. The Hall–Kier alpha value is -4.10. The Bertz CT molecular complexity index is 1290. The molecule has 2 aromatic rings. The monoisotopic (exact) mass is 591 g/mol. The average molecular weight is 592 g/mol. The van der Waals surface area contributed by atoms with Crippen LogP contribution in [0.25, 0.3) is 0 Å². The maximum atomic E-state index is 13.9. The van der Waals surface area contributed by atoms with Crippen LogP contribution in [0.2, 0.25) is 0 Å². The molecule has 0 fully saturated rings. The lowest BCUT2D eigenvalue weighted by Gasteiger charge is -2.38. The van der Waals surface area contributed by atoms with E-state index in [1.807, 2.05) is 48.5 Å². The molecule has 10 heteroatoms. The van der Waals surface area contributed by atoms with E-state index in [0.717, 1.165) is 5.56 Å². The van der Waals surface area contributed by atoms with E-state index in [1.54, 1.807) is 26.8 Å². The van der Waals surface area contributed by atoms with Crippen molar-refractivity contribution in [3.05, 3.63) is 59.7 Å². The Balaban J connectivity index is 1.90. The van der Waals surface area contributed by atoms with Gasteiger partial charge in [-0.05, 0) is 90.3 Å². The Morgan fingerprint density at radius 2 is 1.72 bits per heavy atom. The zero-order chi connectivity index (χ0) is 31.7. The number of nitrogens with one attached hydrogen (secondary N) is 2. The minimum absolute atomic E-state index is 0.223. The lowest BCUT2D eigenvalue weighted by atomic mass is 9.90. The van der Waals surface area contributed by atoms with Gasteiger partial charge in [0.1, 0.15) is 29.2 Å². The number of para-hydroxylation sites is 1. The Labute approximate surface area is 255 Å². The molecule has 0 saturated carbocycles. The van der Waals surface area contributed by atoms with E-state index >= 15 is 0 Å². The molecule has 0 bridgehead atoms.